The van der Waals surface area contributed by atoms with Crippen LogP contribution in [0.2, 0.25) is 5.02 Å². The SMILES string of the molecule is COc1cc(NC(=O)CCOc2ccc(F)cc2Cl)c(C(=O)N(C)C)cc1OC. The lowest BCUT2D eigenvalue weighted by molar-refractivity contribution is -0.116. The standard InChI is InChI=1S/C20H22ClFN2O5/c1-24(2)20(26)13-10-17(27-3)18(28-4)11-15(13)23-19(25)7-8-29-16-6-5-12(22)9-14(16)21/h5-6,9-11H,7-8H2,1-4H3,(H,23,25). The van der Waals surface area contributed by atoms with Gasteiger partial charge in [-0.05, 0) is 24.3 Å². The zero-order valence-electron chi connectivity index (χ0n) is 16.5. The summed E-state index contributed by atoms with van der Waals surface area (Å²) >= 11 is 5.89. The lowest BCUT2D eigenvalue weighted by atomic mass is 10.1. The Hall–Kier alpha value is -3.00. The van der Waals surface area contributed by atoms with Crippen LogP contribution in [0.15, 0.2) is 30.3 Å². The van der Waals surface area contributed by atoms with Crippen molar-refractivity contribution in [3.8, 4) is 17.2 Å². The Balaban J connectivity index is 2.12. The first-order chi connectivity index (χ1) is 13.8. The van der Waals surface area contributed by atoms with Crippen LogP contribution in [0.5, 0.6) is 17.2 Å². The second-order valence-electron chi connectivity index (χ2n) is 6.17. The average molecular weight is 425 g/mol. The minimum absolute atomic E-state index is 0.0153. The minimum Gasteiger partial charge on any atom is -0.493 e. The molecule has 0 aliphatic rings. The number of nitrogens with zero attached hydrogens (tertiary/aromatic N) is 1. The van der Waals surface area contributed by atoms with Crippen molar-refractivity contribution >= 4 is 29.1 Å². The van der Waals surface area contributed by atoms with Crippen molar-refractivity contribution in [3.63, 3.8) is 0 Å². The molecule has 0 heterocycles. The van der Waals surface area contributed by atoms with Gasteiger partial charge in [0.1, 0.15) is 11.6 Å². The van der Waals surface area contributed by atoms with Gasteiger partial charge in [0.2, 0.25) is 5.91 Å². The molecule has 0 radical (unpaired) electrons. The first-order valence-corrected chi connectivity index (χ1v) is 9.00. The molecule has 0 aromatic heterocycles. The molecule has 0 aliphatic heterocycles. The summed E-state index contributed by atoms with van der Waals surface area (Å²) in [6.07, 6.45) is -0.0162. The fraction of sp³-hybridized carbons (Fsp3) is 0.300. The molecule has 0 saturated carbocycles. The van der Waals surface area contributed by atoms with E-state index in [0.29, 0.717) is 11.5 Å². The summed E-state index contributed by atoms with van der Waals surface area (Å²) in [5, 5.41) is 2.80. The zero-order chi connectivity index (χ0) is 21.6. The minimum atomic E-state index is -0.480. The third kappa shape index (κ3) is 5.74. The van der Waals surface area contributed by atoms with Crippen molar-refractivity contribution in [1.29, 1.82) is 0 Å². The van der Waals surface area contributed by atoms with Crippen molar-refractivity contribution in [3.05, 3.63) is 46.7 Å². The third-order valence-corrected chi connectivity index (χ3v) is 4.21. The predicted octanol–water partition coefficient (Wildman–Crippen LogP) is 3.61. The number of ether oxygens (including phenoxy) is 3. The van der Waals surface area contributed by atoms with E-state index in [-0.39, 0.29) is 46.9 Å². The predicted molar refractivity (Wildman–Crippen MR) is 108 cm³/mol. The maximum absolute atomic E-state index is 13.1. The Bertz CT molecular complexity index is 905. The van der Waals surface area contributed by atoms with Gasteiger partial charge in [-0.15, -0.1) is 0 Å². The van der Waals surface area contributed by atoms with Gasteiger partial charge in [-0.2, -0.15) is 0 Å². The Morgan fingerprint density at radius 1 is 1.07 bits per heavy atom. The molecule has 2 aromatic carbocycles. The zero-order valence-corrected chi connectivity index (χ0v) is 17.3. The lowest BCUT2D eigenvalue weighted by Gasteiger charge is -2.18. The highest BCUT2D eigenvalue weighted by atomic mass is 35.5. The van der Waals surface area contributed by atoms with Gasteiger partial charge in [-0.1, -0.05) is 11.6 Å². The average Bonchev–Trinajstić information content (AvgIpc) is 2.68. The summed E-state index contributed by atoms with van der Waals surface area (Å²) in [5.41, 5.74) is 0.537. The number of nitrogens with one attached hydrogen (secondary N) is 1. The number of hydrogen-bond acceptors (Lipinski definition) is 5. The maximum Gasteiger partial charge on any atom is 0.255 e. The molecule has 2 aromatic rings. The molecular formula is C20H22ClFN2O5. The molecule has 29 heavy (non-hydrogen) atoms. The van der Waals surface area contributed by atoms with Gasteiger partial charge in [0, 0.05) is 20.2 Å². The number of amides is 2. The molecule has 0 aliphatic carbocycles. The number of hydrogen-bond donors (Lipinski definition) is 1. The highest BCUT2D eigenvalue weighted by Crippen LogP contribution is 2.34. The van der Waals surface area contributed by atoms with Crippen molar-refractivity contribution in [2.45, 2.75) is 6.42 Å². The van der Waals surface area contributed by atoms with Crippen molar-refractivity contribution in [2.75, 3.05) is 40.2 Å². The van der Waals surface area contributed by atoms with Crippen LogP contribution in [0.4, 0.5) is 10.1 Å². The number of rotatable bonds is 8. The first-order valence-electron chi connectivity index (χ1n) is 8.62. The molecule has 0 atom stereocenters. The van der Waals surface area contributed by atoms with Gasteiger partial charge in [0.25, 0.3) is 5.91 Å². The van der Waals surface area contributed by atoms with Crippen LogP contribution in [0, 0.1) is 5.82 Å². The van der Waals surface area contributed by atoms with E-state index in [2.05, 4.69) is 5.32 Å². The van der Waals surface area contributed by atoms with E-state index in [1.54, 1.807) is 14.1 Å². The molecule has 0 spiro atoms. The molecular weight excluding hydrogens is 403 g/mol. The highest BCUT2D eigenvalue weighted by Gasteiger charge is 2.20. The van der Waals surface area contributed by atoms with E-state index in [1.165, 1.54) is 43.4 Å². The van der Waals surface area contributed by atoms with Crippen LogP contribution in [0.3, 0.4) is 0 Å². The summed E-state index contributed by atoms with van der Waals surface area (Å²) in [6.45, 7) is 0.0153. The molecule has 2 amide bonds. The fourth-order valence-corrected chi connectivity index (χ4v) is 2.68. The van der Waals surface area contributed by atoms with Gasteiger partial charge in [-0.3, -0.25) is 9.59 Å². The summed E-state index contributed by atoms with van der Waals surface area (Å²) in [7, 11) is 6.12. The normalized spacial score (nSPS) is 10.3. The number of methoxy groups -OCH3 is 2. The lowest BCUT2D eigenvalue weighted by Crippen LogP contribution is -2.24. The molecule has 0 saturated heterocycles. The van der Waals surface area contributed by atoms with Crippen molar-refractivity contribution < 1.29 is 28.2 Å². The smallest absolute Gasteiger partial charge is 0.255 e. The summed E-state index contributed by atoms with van der Waals surface area (Å²) < 4.78 is 29.0. The molecule has 0 fully saturated rings. The van der Waals surface area contributed by atoms with E-state index in [4.69, 9.17) is 25.8 Å². The van der Waals surface area contributed by atoms with Crippen LogP contribution in [0.1, 0.15) is 16.8 Å². The van der Waals surface area contributed by atoms with Crippen LogP contribution in [0.25, 0.3) is 0 Å². The van der Waals surface area contributed by atoms with E-state index >= 15 is 0 Å². The van der Waals surface area contributed by atoms with Gasteiger partial charge >= 0.3 is 0 Å². The second kappa shape index (κ2) is 9.97. The Labute approximate surface area is 173 Å². The number of benzene rings is 2. The molecule has 2 rings (SSSR count). The van der Waals surface area contributed by atoms with Crippen LogP contribution in [-0.2, 0) is 4.79 Å². The van der Waals surface area contributed by atoms with Gasteiger partial charge in [0.05, 0.1) is 43.5 Å². The molecule has 0 unspecified atom stereocenters. The number of halogens is 2. The molecule has 156 valence electrons. The third-order valence-electron chi connectivity index (χ3n) is 3.92. The Morgan fingerprint density at radius 3 is 2.31 bits per heavy atom. The van der Waals surface area contributed by atoms with Crippen LogP contribution in [-0.4, -0.2) is 51.6 Å². The molecule has 9 heteroatoms. The van der Waals surface area contributed by atoms with E-state index in [1.807, 2.05) is 0 Å². The highest BCUT2D eigenvalue weighted by molar-refractivity contribution is 6.32. The topological polar surface area (TPSA) is 77.1 Å². The van der Waals surface area contributed by atoms with Crippen molar-refractivity contribution in [1.82, 2.24) is 4.90 Å². The number of anilines is 1. The van der Waals surface area contributed by atoms with Gasteiger partial charge in [0.15, 0.2) is 11.5 Å². The Morgan fingerprint density at radius 2 is 1.72 bits per heavy atom. The largest absolute Gasteiger partial charge is 0.493 e. The first kappa shape index (κ1) is 22.3. The summed E-state index contributed by atoms with van der Waals surface area (Å²) in [5.74, 6) is -0.168. The van der Waals surface area contributed by atoms with Crippen LogP contribution < -0.4 is 19.5 Å². The summed E-state index contributed by atoms with van der Waals surface area (Å²) in [4.78, 5) is 26.2. The van der Waals surface area contributed by atoms with Crippen LogP contribution >= 0.6 is 11.6 Å². The Kier molecular flexibility index (Phi) is 7.67. The number of carbonyl (C=O) groups excluding carboxylic acids is 2. The summed E-state index contributed by atoms with van der Waals surface area (Å²) in [6, 6.07) is 6.75. The van der Waals surface area contributed by atoms with Gasteiger partial charge < -0.3 is 24.4 Å². The fourth-order valence-electron chi connectivity index (χ4n) is 2.46. The van der Waals surface area contributed by atoms with Crippen molar-refractivity contribution in [2.24, 2.45) is 0 Å². The molecule has 1 N–H and O–H groups in total. The quantitative estimate of drug-likeness (QED) is 0.700. The molecule has 0 bridgehead atoms. The monoisotopic (exact) mass is 424 g/mol. The van der Waals surface area contributed by atoms with E-state index < -0.39 is 5.82 Å². The molecule has 7 nitrogen and oxygen atoms in total. The maximum atomic E-state index is 13.1. The number of carbonyl (C=O) groups is 2. The second-order valence-corrected chi connectivity index (χ2v) is 6.58. The van der Waals surface area contributed by atoms with Gasteiger partial charge in [-0.25, -0.2) is 4.39 Å². The van der Waals surface area contributed by atoms with E-state index in [9.17, 15) is 14.0 Å². The van der Waals surface area contributed by atoms with E-state index in [0.717, 1.165) is 6.07 Å².